The van der Waals surface area contributed by atoms with Gasteiger partial charge in [0.15, 0.2) is 0 Å². The topological polar surface area (TPSA) is 29.1 Å². The van der Waals surface area contributed by atoms with Gasteiger partial charge in [-0.2, -0.15) is 0 Å². The highest BCUT2D eigenvalue weighted by molar-refractivity contribution is 5.87. The summed E-state index contributed by atoms with van der Waals surface area (Å²) in [4.78, 5) is 11.2. The fourth-order valence-electron chi connectivity index (χ4n) is 2.21. The van der Waals surface area contributed by atoms with Crippen molar-refractivity contribution in [3.63, 3.8) is 0 Å². The Labute approximate surface area is 93.1 Å². The quantitative estimate of drug-likeness (QED) is 0.695. The van der Waals surface area contributed by atoms with Crippen LogP contribution in [0.2, 0.25) is 0 Å². The summed E-state index contributed by atoms with van der Waals surface area (Å²) in [6.45, 7) is 3.49. The molecule has 1 fully saturated rings. The SMILES string of the molecule is C=CC(=O)NC1CCCCCCCCC1. The Morgan fingerprint density at radius 1 is 1.00 bits per heavy atom. The first-order chi connectivity index (χ1) is 7.33. The third-order valence-electron chi connectivity index (χ3n) is 3.14. The minimum absolute atomic E-state index is 0.0166. The van der Waals surface area contributed by atoms with Crippen molar-refractivity contribution in [2.45, 2.75) is 63.8 Å². The molecule has 1 aliphatic rings. The van der Waals surface area contributed by atoms with E-state index in [0.29, 0.717) is 6.04 Å². The second kappa shape index (κ2) is 7.49. The van der Waals surface area contributed by atoms with Crippen LogP contribution < -0.4 is 5.32 Å². The maximum absolute atomic E-state index is 11.2. The second-order valence-corrected chi connectivity index (χ2v) is 4.46. The minimum Gasteiger partial charge on any atom is -0.350 e. The first-order valence-electron chi connectivity index (χ1n) is 6.26. The molecular formula is C13H23NO. The molecule has 0 aromatic carbocycles. The number of rotatable bonds is 2. The van der Waals surface area contributed by atoms with Gasteiger partial charge in [0.25, 0.3) is 0 Å². The maximum atomic E-state index is 11.2. The van der Waals surface area contributed by atoms with Crippen LogP contribution in [0.25, 0.3) is 0 Å². The van der Waals surface area contributed by atoms with Crippen LogP contribution >= 0.6 is 0 Å². The average Bonchev–Trinajstić information content (AvgIpc) is 2.27. The molecule has 0 aromatic heterocycles. The lowest BCUT2D eigenvalue weighted by molar-refractivity contribution is -0.117. The lowest BCUT2D eigenvalue weighted by Gasteiger charge is -2.19. The van der Waals surface area contributed by atoms with E-state index in [1.165, 1.54) is 51.0 Å². The molecule has 0 heterocycles. The third-order valence-corrected chi connectivity index (χ3v) is 3.14. The molecule has 0 unspecified atom stereocenters. The number of hydrogen-bond donors (Lipinski definition) is 1. The average molecular weight is 209 g/mol. The van der Waals surface area contributed by atoms with Crippen molar-refractivity contribution in [3.8, 4) is 0 Å². The summed E-state index contributed by atoms with van der Waals surface area (Å²) in [6.07, 6.45) is 12.9. The maximum Gasteiger partial charge on any atom is 0.243 e. The Morgan fingerprint density at radius 3 is 1.93 bits per heavy atom. The van der Waals surface area contributed by atoms with Gasteiger partial charge < -0.3 is 5.32 Å². The zero-order valence-electron chi connectivity index (χ0n) is 9.63. The molecule has 86 valence electrons. The molecular weight excluding hydrogens is 186 g/mol. The van der Waals surface area contributed by atoms with Gasteiger partial charge >= 0.3 is 0 Å². The van der Waals surface area contributed by atoms with Crippen LogP contribution in [0, 0.1) is 0 Å². The molecule has 1 N–H and O–H groups in total. The monoisotopic (exact) mass is 209 g/mol. The van der Waals surface area contributed by atoms with Gasteiger partial charge in [0.1, 0.15) is 0 Å². The van der Waals surface area contributed by atoms with E-state index < -0.39 is 0 Å². The molecule has 0 radical (unpaired) electrons. The van der Waals surface area contributed by atoms with Gasteiger partial charge in [-0.1, -0.05) is 51.5 Å². The molecule has 0 saturated heterocycles. The van der Waals surface area contributed by atoms with E-state index in [-0.39, 0.29) is 5.91 Å². The zero-order chi connectivity index (χ0) is 10.9. The zero-order valence-corrected chi connectivity index (χ0v) is 9.63. The van der Waals surface area contributed by atoms with Crippen LogP contribution in [0.3, 0.4) is 0 Å². The van der Waals surface area contributed by atoms with Crippen molar-refractivity contribution in [2.24, 2.45) is 0 Å². The van der Waals surface area contributed by atoms with E-state index in [9.17, 15) is 4.79 Å². The predicted octanol–water partition coefficient (Wildman–Crippen LogP) is 3.18. The normalized spacial score (nSPS) is 20.5. The van der Waals surface area contributed by atoms with Crippen molar-refractivity contribution in [1.29, 1.82) is 0 Å². The molecule has 2 nitrogen and oxygen atoms in total. The van der Waals surface area contributed by atoms with E-state index in [1.807, 2.05) is 0 Å². The van der Waals surface area contributed by atoms with Crippen molar-refractivity contribution in [1.82, 2.24) is 5.32 Å². The number of carbonyl (C=O) groups is 1. The molecule has 0 aliphatic heterocycles. The predicted molar refractivity (Wildman–Crippen MR) is 63.7 cm³/mol. The lowest BCUT2D eigenvalue weighted by Crippen LogP contribution is -2.33. The van der Waals surface area contributed by atoms with Crippen LogP contribution in [0.4, 0.5) is 0 Å². The molecule has 0 aromatic rings. The summed E-state index contributed by atoms with van der Waals surface area (Å²) < 4.78 is 0. The Morgan fingerprint density at radius 2 is 1.47 bits per heavy atom. The first-order valence-corrected chi connectivity index (χ1v) is 6.26. The molecule has 0 atom stereocenters. The van der Waals surface area contributed by atoms with Crippen molar-refractivity contribution < 1.29 is 4.79 Å². The molecule has 0 bridgehead atoms. The van der Waals surface area contributed by atoms with E-state index >= 15 is 0 Å². The van der Waals surface area contributed by atoms with Gasteiger partial charge in [-0.25, -0.2) is 0 Å². The van der Waals surface area contributed by atoms with Gasteiger partial charge in [0.05, 0.1) is 0 Å². The Hall–Kier alpha value is -0.790. The van der Waals surface area contributed by atoms with E-state index in [4.69, 9.17) is 0 Å². The van der Waals surface area contributed by atoms with Crippen LogP contribution in [-0.2, 0) is 4.79 Å². The highest BCUT2D eigenvalue weighted by Crippen LogP contribution is 2.16. The summed E-state index contributed by atoms with van der Waals surface area (Å²) in [6, 6.07) is 0.383. The fourth-order valence-corrected chi connectivity index (χ4v) is 2.21. The minimum atomic E-state index is -0.0166. The van der Waals surface area contributed by atoms with Crippen LogP contribution in [0.5, 0.6) is 0 Å². The molecule has 1 amide bonds. The number of nitrogens with one attached hydrogen (secondary N) is 1. The van der Waals surface area contributed by atoms with Gasteiger partial charge in [-0.3, -0.25) is 4.79 Å². The second-order valence-electron chi connectivity index (χ2n) is 4.46. The Bertz CT molecular complexity index is 191. The molecule has 2 heteroatoms. The summed E-state index contributed by atoms with van der Waals surface area (Å²) in [5.41, 5.74) is 0. The number of amides is 1. The fraction of sp³-hybridized carbons (Fsp3) is 0.769. The standard InChI is InChI=1S/C13H23NO/c1-2-13(15)14-12-10-8-6-4-3-5-7-9-11-12/h2,12H,1,3-11H2,(H,14,15). The molecule has 1 saturated carbocycles. The third kappa shape index (κ3) is 5.60. The van der Waals surface area contributed by atoms with Gasteiger partial charge in [-0.15, -0.1) is 0 Å². The van der Waals surface area contributed by atoms with Crippen molar-refractivity contribution in [3.05, 3.63) is 12.7 Å². The Kier molecular flexibility index (Phi) is 6.14. The van der Waals surface area contributed by atoms with Crippen LogP contribution in [-0.4, -0.2) is 11.9 Å². The molecule has 1 rings (SSSR count). The van der Waals surface area contributed by atoms with Crippen LogP contribution in [0.1, 0.15) is 57.8 Å². The Balaban J connectivity index is 2.31. The summed E-state index contributed by atoms with van der Waals surface area (Å²) in [5.74, 6) is -0.0166. The summed E-state index contributed by atoms with van der Waals surface area (Å²) >= 11 is 0. The van der Waals surface area contributed by atoms with E-state index in [1.54, 1.807) is 0 Å². The lowest BCUT2D eigenvalue weighted by atomic mass is 9.97. The van der Waals surface area contributed by atoms with E-state index in [2.05, 4.69) is 11.9 Å². The molecule has 0 spiro atoms. The molecule has 1 aliphatic carbocycles. The van der Waals surface area contributed by atoms with Gasteiger partial charge in [0, 0.05) is 6.04 Å². The summed E-state index contributed by atoms with van der Waals surface area (Å²) in [5, 5.41) is 3.03. The highest BCUT2D eigenvalue weighted by atomic mass is 16.1. The largest absolute Gasteiger partial charge is 0.350 e. The van der Waals surface area contributed by atoms with Crippen molar-refractivity contribution >= 4 is 5.91 Å². The summed E-state index contributed by atoms with van der Waals surface area (Å²) in [7, 11) is 0. The van der Waals surface area contributed by atoms with Gasteiger partial charge in [-0.05, 0) is 18.9 Å². The first kappa shape index (κ1) is 12.3. The molecule has 15 heavy (non-hydrogen) atoms. The van der Waals surface area contributed by atoms with Crippen molar-refractivity contribution in [2.75, 3.05) is 0 Å². The van der Waals surface area contributed by atoms with Crippen LogP contribution in [0.15, 0.2) is 12.7 Å². The number of hydrogen-bond acceptors (Lipinski definition) is 1. The highest BCUT2D eigenvalue weighted by Gasteiger charge is 2.10. The van der Waals surface area contributed by atoms with Gasteiger partial charge in [0.2, 0.25) is 5.91 Å². The smallest absolute Gasteiger partial charge is 0.243 e. The number of carbonyl (C=O) groups excluding carboxylic acids is 1. The van der Waals surface area contributed by atoms with E-state index in [0.717, 1.165) is 12.8 Å².